The van der Waals surface area contributed by atoms with Gasteiger partial charge in [0, 0.05) is 33.6 Å². The van der Waals surface area contributed by atoms with E-state index in [4.69, 9.17) is 0 Å². The van der Waals surface area contributed by atoms with Gasteiger partial charge in [0.05, 0.1) is 0 Å². The minimum Gasteiger partial charge on any atom is -0.275 e. The van der Waals surface area contributed by atoms with Crippen LogP contribution in [0.2, 0.25) is 0 Å². The molecule has 0 radical (unpaired) electrons. The molecule has 9 aromatic rings. The summed E-state index contributed by atoms with van der Waals surface area (Å²) in [5.74, 6) is 3.19. The van der Waals surface area contributed by atoms with Crippen molar-refractivity contribution in [3.63, 3.8) is 0 Å². The van der Waals surface area contributed by atoms with Crippen LogP contribution >= 0.6 is 0 Å². The second-order valence-electron chi connectivity index (χ2n) is 12.5. The van der Waals surface area contributed by atoms with Crippen molar-refractivity contribution in [2.75, 3.05) is 0 Å². The van der Waals surface area contributed by atoms with Crippen molar-refractivity contribution in [2.24, 2.45) is 0 Å². The summed E-state index contributed by atoms with van der Waals surface area (Å²) >= 11 is 0. The van der Waals surface area contributed by atoms with Crippen molar-refractivity contribution in [1.29, 1.82) is 0 Å². The highest BCUT2D eigenvalue weighted by Gasteiger charge is 2.19. The lowest BCUT2D eigenvalue weighted by Gasteiger charge is -2.15. The maximum atomic E-state index is 4.65. The molecule has 0 bridgehead atoms. The summed E-state index contributed by atoms with van der Waals surface area (Å²) in [5, 5.41) is 18.6. The van der Waals surface area contributed by atoms with E-state index in [0.29, 0.717) is 0 Å². The molecular formula is C46H32N6. The molecule has 0 atom stereocenters. The zero-order chi connectivity index (χ0) is 34.7. The Labute approximate surface area is 302 Å². The van der Waals surface area contributed by atoms with E-state index in [2.05, 4.69) is 151 Å². The molecule has 0 spiro atoms. The Hall–Kier alpha value is -7.18. The molecule has 0 saturated carbocycles. The first-order valence-electron chi connectivity index (χ1n) is 17.2. The third-order valence-electron chi connectivity index (χ3n) is 9.25. The molecule has 52 heavy (non-hydrogen) atoms. The third kappa shape index (κ3) is 5.78. The first-order chi connectivity index (χ1) is 25.8. The van der Waals surface area contributed by atoms with E-state index in [9.17, 15) is 0 Å². The van der Waals surface area contributed by atoms with Crippen LogP contribution in [0.1, 0.15) is 0 Å². The monoisotopic (exact) mass is 668 g/mol. The van der Waals surface area contributed by atoms with Crippen LogP contribution in [-0.2, 0) is 0 Å². The van der Waals surface area contributed by atoms with Crippen molar-refractivity contribution in [3.8, 4) is 79.2 Å². The molecule has 0 fully saturated rings. The standard InChI is InChI=1S/C46H32N6/c1-5-15-35(16-6-1)43-47-48-44(36-17-7-2-8-18-36)51(43)39-29-25-33(26-30-39)41-23-13-14-24-42(41)34-27-31-40(32-28-34)52-45(37-19-9-3-10-20-37)49-50-46(52)38-21-11-4-12-22-38/h1-32H. The van der Waals surface area contributed by atoms with E-state index in [-0.39, 0.29) is 0 Å². The van der Waals surface area contributed by atoms with Gasteiger partial charge < -0.3 is 0 Å². The van der Waals surface area contributed by atoms with Crippen LogP contribution in [0.4, 0.5) is 0 Å². The van der Waals surface area contributed by atoms with Crippen molar-refractivity contribution in [1.82, 2.24) is 29.5 Å². The second kappa shape index (κ2) is 13.6. The molecule has 6 heteroatoms. The smallest absolute Gasteiger partial charge is 0.168 e. The fourth-order valence-corrected chi connectivity index (χ4v) is 6.72. The third-order valence-corrected chi connectivity index (χ3v) is 9.25. The lowest BCUT2D eigenvalue weighted by atomic mass is 9.94. The van der Waals surface area contributed by atoms with Gasteiger partial charge in [-0.25, -0.2) is 0 Å². The second-order valence-corrected chi connectivity index (χ2v) is 12.5. The molecular weight excluding hydrogens is 637 g/mol. The average Bonchev–Trinajstić information content (AvgIpc) is 3.89. The molecule has 0 amide bonds. The first-order valence-corrected chi connectivity index (χ1v) is 17.2. The SMILES string of the molecule is c1ccc(-c2nnc(-c3ccccc3)n2-c2ccc(-c3ccccc3-c3ccc(-n4c(-c5ccccc5)nnc4-c4ccccc4)cc3)cc2)cc1. The number of hydrogen-bond acceptors (Lipinski definition) is 4. The topological polar surface area (TPSA) is 61.4 Å². The number of benzene rings is 7. The molecule has 0 unspecified atom stereocenters. The Morgan fingerprint density at radius 1 is 0.231 bits per heavy atom. The van der Waals surface area contributed by atoms with Crippen LogP contribution in [0.3, 0.4) is 0 Å². The van der Waals surface area contributed by atoms with E-state index < -0.39 is 0 Å². The highest BCUT2D eigenvalue weighted by molar-refractivity contribution is 5.84. The average molecular weight is 669 g/mol. The van der Waals surface area contributed by atoms with Gasteiger partial charge in [0.15, 0.2) is 23.3 Å². The van der Waals surface area contributed by atoms with Crippen LogP contribution < -0.4 is 0 Å². The molecule has 0 aliphatic rings. The zero-order valence-corrected chi connectivity index (χ0v) is 28.2. The van der Waals surface area contributed by atoms with Crippen molar-refractivity contribution < 1.29 is 0 Å². The van der Waals surface area contributed by atoms with Crippen LogP contribution in [0, 0.1) is 0 Å². The van der Waals surface area contributed by atoms with Crippen molar-refractivity contribution in [2.45, 2.75) is 0 Å². The summed E-state index contributed by atoms with van der Waals surface area (Å²) in [6, 6.07) is 66.7. The van der Waals surface area contributed by atoms with Gasteiger partial charge in [0.2, 0.25) is 0 Å². The minimum atomic E-state index is 0.798. The lowest BCUT2D eigenvalue weighted by molar-refractivity contribution is 1.07. The summed E-state index contributed by atoms with van der Waals surface area (Å²) in [4.78, 5) is 0. The number of rotatable bonds is 8. The fourth-order valence-electron chi connectivity index (χ4n) is 6.72. The Morgan fingerprint density at radius 3 is 0.750 bits per heavy atom. The molecule has 246 valence electrons. The molecule has 7 aromatic carbocycles. The molecule has 0 aliphatic heterocycles. The van der Waals surface area contributed by atoms with Gasteiger partial charge in [-0.3, -0.25) is 9.13 Å². The van der Waals surface area contributed by atoms with E-state index in [1.807, 2.05) is 72.8 Å². The Kier molecular flexibility index (Phi) is 8.08. The predicted octanol–water partition coefficient (Wildman–Crippen LogP) is 10.8. The largest absolute Gasteiger partial charge is 0.275 e. The van der Waals surface area contributed by atoms with E-state index in [1.165, 1.54) is 0 Å². The summed E-state index contributed by atoms with van der Waals surface area (Å²) in [7, 11) is 0. The van der Waals surface area contributed by atoms with Crippen molar-refractivity contribution >= 4 is 0 Å². The van der Waals surface area contributed by atoms with Crippen LogP contribution in [0.25, 0.3) is 79.2 Å². The van der Waals surface area contributed by atoms with Crippen LogP contribution in [0.5, 0.6) is 0 Å². The fraction of sp³-hybridized carbons (Fsp3) is 0. The molecule has 0 saturated heterocycles. The van der Waals surface area contributed by atoms with E-state index >= 15 is 0 Å². The summed E-state index contributed by atoms with van der Waals surface area (Å²) < 4.78 is 4.27. The quantitative estimate of drug-likeness (QED) is 0.162. The first kappa shape index (κ1) is 30.8. The minimum absolute atomic E-state index is 0.798. The summed E-state index contributed by atoms with van der Waals surface area (Å²) in [6.45, 7) is 0. The molecule has 9 rings (SSSR count). The van der Waals surface area contributed by atoms with Gasteiger partial charge in [0.25, 0.3) is 0 Å². The highest BCUT2D eigenvalue weighted by atomic mass is 15.3. The van der Waals surface area contributed by atoms with Gasteiger partial charge in [-0.2, -0.15) is 0 Å². The summed E-state index contributed by atoms with van der Waals surface area (Å²) in [5.41, 5.74) is 10.6. The van der Waals surface area contributed by atoms with Crippen LogP contribution in [-0.4, -0.2) is 29.5 Å². The van der Waals surface area contributed by atoms with Gasteiger partial charge >= 0.3 is 0 Å². The number of nitrogens with zero attached hydrogens (tertiary/aromatic N) is 6. The molecule has 2 aromatic heterocycles. The van der Waals surface area contributed by atoms with Gasteiger partial charge in [-0.05, 0) is 46.5 Å². The zero-order valence-electron chi connectivity index (χ0n) is 28.2. The molecule has 0 aliphatic carbocycles. The number of aromatic nitrogens is 6. The maximum absolute atomic E-state index is 4.65. The summed E-state index contributed by atoms with van der Waals surface area (Å²) in [6.07, 6.45) is 0. The van der Waals surface area contributed by atoms with E-state index in [1.54, 1.807) is 0 Å². The molecule has 6 nitrogen and oxygen atoms in total. The Morgan fingerprint density at radius 2 is 0.481 bits per heavy atom. The Balaban J connectivity index is 1.08. The number of hydrogen-bond donors (Lipinski definition) is 0. The Bertz CT molecular complexity index is 2280. The highest BCUT2D eigenvalue weighted by Crippen LogP contribution is 2.36. The van der Waals surface area contributed by atoms with Crippen molar-refractivity contribution in [3.05, 3.63) is 194 Å². The van der Waals surface area contributed by atoms with Gasteiger partial charge in [-0.1, -0.05) is 170 Å². The lowest BCUT2D eigenvalue weighted by Crippen LogP contribution is -2.01. The molecule has 2 heterocycles. The van der Waals surface area contributed by atoms with Crippen LogP contribution in [0.15, 0.2) is 194 Å². The molecule has 0 N–H and O–H groups in total. The van der Waals surface area contributed by atoms with E-state index in [0.717, 1.165) is 79.2 Å². The predicted molar refractivity (Wildman–Crippen MR) is 209 cm³/mol. The van der Waals surface area contributed by atoms with Gasteiger partial charge in [0.1, 0.15) is 0 Å². The van der Waals surface area contributed by atoms with Gasteiger partial charge in [-0.15, -0.1) is 20.4 Å². The normalized spacial score (nSPS) is 11.1. The maximum Gasteiger partial charge on any atom is 0.168 e.